The van der Waals surface area contributed by atoms with E-state index in [-0.39, 0.29) is 6.61 Å². The van der Waals surface area contributed by atoms with Gasteiger partial charge in [0.25, 0.3) is 0 Å². The van der Waals surface area contributed by atoms with Crippen LogP contribution in [0.2, 0.25) is 0 Å². The van der Waals surface area contributed by atoms with Gasteiger partial charge in [-0.15, -0.1) is 0 Å². The van der Waals surface area contributed by atoms with Crippen molar-refractivity contribution >= 4 is 0 Å². The van der Waals surface area contributed by atoms with Crippen LogP contribution < -0.4 is 5.32 Å². The number of rotatable bonds is 7. The molecule has 1 unspecified atom stereocenters. The highest BCUT2D eigenvalue weighted by atomic mass is 16.3. The SMILES string of the molecule is CCC(CCO)CNCC1(O)CCCCCC1. The molecule has 0 aromatic carbocycles. The van der Waals surface area contributed by atoms with Gasteiger partial charge in [-0.1, -0.05) is 39.0 Å². The first-order valence-corrected chi connectivity index (χ1v) is 7.24. The zero-order valence-corrected chi connectivity index (χ0v) is 11.2. The van der Waals surface area contributed by atoms with Crippen molar-refractivity contribution in [2.75, 3.05) is 19.7 Å². The lowest BCUT2D eigenvalue weighted by atomic mass is 9.94. The Hall–Kier alpha value is -0.120. The van der Waals surface area contributed by atoms with Gasteiger partial charge in [-0.3, -0.25) is 0 Å². The van der Waals surface area contributed by atoms with Gasteiger partial charge in [0.05, 0.1) is 5.60 Å². The van der Waals surface area contributed by atoms with Crippen LogP contribution in [0.5, 0.6) is 0 Å². The third-order valence-corrected chi connectivity index (χ3v) is 4.04. The molecule has 0 radical (unpaired) electrons. The minimum absolute atomic E-state index is 0.268. The van der Waals surface area contributed by atoms with E-state index in [2.05, 4.69) is 12.2 Å². The highest BCUT2D eigenvalue weighted by molar-refractivity contribution is 4.83. The predicted molar refractivity (Wildman–Crippen MR) is 71.0 cm³/mol. The molecule has 3 heteroatoms. The summed E-state index contributed by atoms with van der Waals surface area (Å²) in [5, 5.41) is 22.8. The summed E-state index contributed by atoms with van der Waals surface area (Å²) in [5.74, 6) is 0.536. The Bertz CT molecular complexity index is 189. The molecular weight excluding hydrogens is 214 g/mol. The molecule has 0 aliphatic heterocycles. The molecule has 3 N–H and O–H groups in total. The molecule has 17 heavy (non-hydrogen) atoms. The zero-order valence-electron chi connectivity index (χ0n) is 11.2. The Morgan fingerprint density at radius 1 is 1.18 bits per heavy atom. The highest BCUT2D eigenvalue weighted by Crippen LogP contribution is 2.26. The lowest BCUT2D eigenvalue weighted by Crippen LogP contribution is -2.41. The minimum Gasteiger partial charge on any atom is -0.396 e. The second-order valence-corrected chi connectivity index (χ2v) is 5.56. The average Bonchev–Trinajstić information content (AvgIpc) is 2.53. The van der Waals surface area contributed by atoms with Crippen molar-refractivity contribution in [1.29, 1.82) is 0 Å². The number of aliphatic hydroxyl groups excluding tert-OH is 1. The Labute approximate surface area is 106 Å². The zero-order chi connectivity index (χ0) is 12.6. The Kier molecular flexibility index (Phi) is 7.09. The molecule has 0 amide bonds. The first-order chi connectivity index (χ1) is 8.20. The number of nitrogens with one attached hydrogen (secondary N) is 1. The summed E-state index contributed by atoms with van der Waals surface area (Å²) in [6, 6.07) is 0. The summed E-state index contributed by atoms with van der Waals surface area (Å²) in [7, 11) is 0. The summed E-state index contributed by atoms with van der Waals surface area (Å²) >= 11 is 0. The van der Waals surface area contributed by atoms with E-state index in [1.165, 1.54) is 12.8 Å². The average molecular weight is 243 g/mol. The van der Waals surface area contributed by atoms with Gasteiger partial charge in [-0.25, -0.2) is 0 Å². The molecule has 1 saturated carbocycles. The third-order valence-electron chi connectivity index (χ3n) is 4.04. The largest absolute Gasteiger partial charge is 0.396 e. The van der Waals surface area contributed by atoms with E-state index in [0.29, 0.717) is 5.92 Å². The van der Waals surface area contributed by atoms with Crippen LogP contribution in [0.1, 0.15) is 58.3 Å². The van der Waals surface area contributed by atoms with Crippen molar-refractivity contribution in [2.45, 2.75) is 63.9 Å². The van der Waals surface area contributed by atoms with Crippen LogP contribution in [0.15, 0.2) is 0 Å². The van der Waals surface area contributed by atoms with E-state index < -0.39 is 5.60 Å². The molecule has 0 bridgehead atoms. The van der Waals surface area contributed by atoms with E-state index in [0.717, 1.165) is 51.6 Å². The normalized spacial score (nSPS) is 22.1. The van der Waals surface area contributed by atoms with Crippen molar-refractivity contribution in [3.63, 3.8) is 0 Å². The van der Waals surface area contributed by atoms with Crippen LogP contribution in [0.25, 0.3) is 0 Å². The van der Waals surface area contributed by atoms with Gasteiger partial charge in [0.2, 0.25) is 0 Å². The first kappa shape index (κ1) is 14.9. The number of aliphatic hydroxyl groups is 2. The first-order valence-electron chi connectivity index (χ1n) is 7.24. The second-order valence-electron chi connectivity index (χ2n) is 5.56. The molecule has 3 nitrogen and oxygen atoms in total. The van der Waals surface area contributed by atoms with Crippen molar-refractivity contribution in [3.05, 3.63) is 0 Å². The summed E-state index contributed by atoms with van der Waals surface area (Å²) < 4.78 is 0. The topological polar surface area (TPSA) is 52.5 Å². The lowest BCUT2D eigenvalue weighted by molar-refractivity contribution is 0.0243. The van der Waals surface area contributed by atoms with E-state index in [9.17, 15) is 5.11 Å². The molecule has 1 rings (SSSR count). The summed E-state index contributed by atoms with van der Waals surface area (Å²) in [6.45, 7) is 4.06. The van der Waals surface area contributed by atoms with Crippen molar-refractivity contribution in [3.8, 4) is 0 Å². The van der Waals surface area contributed by atoms with Gasteiger partial charge in [0.15, 0.2) is 0 Å². The Morgan fingerprint density at radius 3 is 2.35 bits per heavy atom. The molecular formula is C14H29NO2. The summed E-state index contributed by atoms with van der Waals surface area (Å²) in [6.07, 6.45) is 8.69. The maximum Gasteiger partial charge on any atom is 0.0771 e. The van der Waals surface area contributed by atoms with Gasteiger partial charge in [-0.05, 0) is 31.7 Å². The molecule has 0 heterocycles. The van der Waals surface area contributed by atoms with Gasteiger partial charge in [0.1, 0.15) is 0 Å². The van der Waals surface area contributed by atoms with Crippen molar-refractivity contribution in [2.24, 2.45) is 5.92 Å². The predicted octanol–water partition coefficient (Wildman–Crippen LogP) is 2.07. The van der Waals surface area contributed by atoms with Crippen LogP contribution >= 0.6 is 0 Å². The van der Waals surface area contributed by atoms with E-state index in [1.54, 1.807) is 0 Å². The summed E-state index contributed by atoms with van der Waals surface area (Å²) in [4.78, 5) is 0. The molecule has 1 atom stereocenters. The second kappa shape index (κ2) is 8.06. The van der Waals surface area contributed by atoms with Crippen LogP contribution in [0.3, 0.4) is 0 Å². The van der Waals surface area contributed by atoms with Gasteiger partial charge >= 0.3 is 0 Å². The van der Waals surface area contributed by atoms with Crippen LogP contribution in [0.4, 0.5) is 0 Å². The fraction of sp³-hybridized carbons (Fsp3) is 1.00. The van der Waals surface area contributed by atoms with Crippen LogP contribution in [-0.2, 0) is 0 Å². The standard InChI is InChI=1S/C14H29NO2/c1-2-13(7-10-16)11-15-12-14(17)8-5-3-4-6-9-14/h13,15-17H,2-12H2,1H3. The number of hydrogen-bond acceptors (Lipinski definition) is 3. The molecule has 0 aromatic heterocycles. The molecule has 1 fully saturated rings. The van der Waals surface area contributed by atoms with E-state index in [4.69, 9.17) is 5.11 Å². The quantitative estimate of drug-likeness (QED) is 0.600. The van der Waals surface area contributed by atoms with Crippen LogP contribution in [0, 0.1) is 5.92 Å². The fourth-order valence-electron chi connectivity index (χ4n) is 2.71. The van der Waals surface area contributed by atoms with Gasteiger partial charge in [0, 0.05) is 13.2 Å². The minimum atomic E-state index is -0.478. The highest BCUT2D eigenvalue weighted by Gasteiger charge is 2.27. The van der Waals surface area contributed by atoms with Gasteiger partial charge < -0.3 is 15.5 Å². The molecule has 0 aromatic rings. The van der Waals surface area contributed by atoms with Crippen molar-refractivity contribution < 1.29 is 10.2 Å². The van der Waals surface area contributed by atoms with Gasteiger partial charge in [-0.2, -0.15) is 0 Å². The lowest BCUT2D eigenvalue weighted by Gasteiger charge is -2.28. The molecule has 0 spiro atoms. The molecule has 0 saturated heterocycles. The maximum atomic E-state index is 10.5. The summed E-state index contributed by atoms with van der Waals surface area (Å²) in [5.41, 5.74) is -0.478. The Morgan fingerprint density at radius 2 is 1.82 bits per heavy atom. The maximum absolute atomic E-state index is 10.5. The molecule has 102 valence electrons. The Balaban J connectivity index is 2.23. The van der Waals surface area contributed by atoms with E-state index >= 15 is 0 Å². The molecule has 1 aliphatic rings. The number of hydrogen-bond donors (Lipinski definition) is 3. The van der Waals surface area contributed by atoms with Crippen molar-refractivity contribution in [1.82, 2.24) is 5.32 Å². The third kappa shape index (κ3) is 5.84. The smallest absolute Gasteiger partial charge is 0.0771 e. The fourth-order valence-corrected chi connectivity index (χ4v) is 2.71. The van der Waals surface area contributed by atoms with E-state index in [1.807, 2.05) is 0 Å². The monoisotopic (exact) mass is 243 g/mol. The molecule has 1 aliphatic carbocycles. The van der Waals surface area contributed by atoms with Crippen LogP contribution in [-0.4, -0.2) is 35.5 Å².